The fraction of sp³-hybridized carbons (Fsp3) is 0.333. The van der Waals surface area contributed by atoms with E-state index in [0.717, 1.165) is 29.1 Å². The van der Waals surface area contributed by atoms with Gasteiger partial charge in [-0.05, 0) is 38.0 Å². The van der Waals surface area contributed by atoms with E-state index in [1.54, 1.807) is 11.3 Å². The molecule has 0 radical (unpaired) electrons. The molecule has 0 saturated heterocycles. The lowest BCUT2D eigenvalue weighted by Crippen LogP contribution is -2.12. The van der Waals surface area contributed by atoms with Crippen LogP contribution in [0.25, 0.3) is 10.2 Å². The monoisotopic (exact) mass is 232 g/mol. The molecule has 0 aliphatic heterocycles. The topological polar surface area (TPSA) is 42.0 Å². The number of aromatic nitrogens is 1. The first-order chi connectivity index (χ1) is 7.72. The maximum atomic E-state index is 11.6. The summed E-state index contributed by atoms with van der Waals surface area (Å²) in [5.74, 6) is 0.388. The Morgan fingerprint density at radius 3 is 3.06 bits per heavy atom. The molecular weight excluding hydrogens is 220 g/mol. The van der Waals surface area contributed by atoms with Crippen molar-refractivity contribution in [3.63, 3.8) is 0 Å². The predicted octanol–water partition coefficient (Wildman–Crippen LogP) is 2.95. The number of amides is 1. The molecule has 0 unspecified atom stereocenters. The van der Waals surface area contributed by atoms with Crippen LogP contribution in [0.4, 0.5) is 5.69 Å². The van der Waals surface area contributed by atoms with Crippen molar-refractivity contribution in [1.29, 1.82) is 0 Å². The molecule has 1 N–H and O–H groups in total. The number of rotatable bonds is 2. The van der Waals surface area contributed by atoms with E-state index in [-0.39, 0.29) is 11.8 Å². The van der Waals surface area contributed by atoms with Crippen LogP contribution >= 0.6 is 11.3 Å². The molecule has 4 heteroatoms. The third-order valence-electron chi connectivity index (χ3n) is 2.71. The first-order valence-corrected chi connectivity index (χ1v) is 6.22. The van der Waals surface area contributed by atoms with Crippen LogP contribution in [-0.4, -0.2) is 10.9 Å². The summed E-state index contributed by atoms with van der Waals surface area (Å²) in [5, 5.41) is 3.99. The van der Waals surface area contributed by atoms with Crippen LogP contribution in [-0.2, 0) is 4.79 Å². The number of hydrogen-bond donors (Lipinski definition) is 1. The van der Waals surface area contributed by atoms with Crippen molar-refractivity contribution in [2.75, 3.05) is 5.32 Å². The molecule has 1 aliphatic carbocycles. The lowest BCUT2D eigenvalue weighted by atomic mass is 10.3. The number of carbonyl (C=O) groups is 1. The largest absolute Gasteiger partial charge is 0.326 e. The molecule has 1 aromatic heterocycles. The Hall–Kier alpha value is -1.42. The average molecular weight is 232 g/mol. The van der Waals surface area contributed by atoms with Crippen LogP contribution < -0.4 is 5.32 Å². The number of hydrogen-bond acceptors (Lipinski definition) is 3. The van der Waals surface area contributed by atoms with Gasteiger partial charge in [0.1, 0.15) is 0 Å². The molecule has 1 saturated carbocycles. The number of aryl methyl sites for hydroxylation is 1. The Balaban J connectivity index is 1.88. The molecule has 1 fully saturated rings. The van der Waals surface area contributed by atoms with Gasteiger partial charge in [-0.3, -0.25) is 4.79 Å². The Morgan fingerprint density at radius 2 is 2.31 bits per heavy atom. The Labute approximate surface area is 97.5 Å². The van der Waals surface area contributed by atoms with Gasteiger partial charge >= 0.3 is 0 Å². The minimum atomic E-state index is 0.145. The van der Waals surface area contributed by atoms with Crippen molar-refractivity contribution in [2.45, 2.75) is 19.8 Å². The maximum Gasteiger partial charge on any atom is 0.227 e. The summed E-state index contributed by atoms with van der Waals surface area (Å²) < 4.78 is 1.17. The van der Waals surface area contributed by atoms with Crippen molar-refractivity contribution < 1.29 is 4.79 Å². The van der Waals surface area contributed by atoms with E-state index in [2.05, 4.69) is 10.3 Å². The molecule has 16 heavy (non-hydrogen) atoms. The van der Waals surface area contributed by atoms with E-state index in [0.29, 0.717) is 0 Å². The van der Waals surface area contributed by atoms with Gasteiger partial charge < -0.3 is 5.32 Å². The number of benzene rings is 1. The van der Waals surface area contributed by atoms with E-state index in [4.69, 9.17) is 0 Å². The smallest absolute Gasteiger partial charge is 0.227 e. The van der Waals surface area contributed by atoms with Gasteiger partial charge in [0, 0.05) is 11.6 Å². The summed E-state index contributed by atoms with van der Waals surface area (Å²) in [7, 11) is 0. The second-order valence-corrected chi connectivity index (χ2v) is 5.41. The third-order valence-corrected chi connectivity index (χ3v) is 3.66. The van der Waals surface area contributed by atoms with Gasteiger partial charge in [-0.15, -0.1) is 11.3 Å². The molecule has 0 spiro atoms. The number of thiazole rings is 1. The number of anilines is 1. The summed E-state index contributed by atoms with van der Waals surface area (Å²) in [6.07, 6.45) is 2.06. The molecule has 3 nitrogen and oxygen atoms in total. The van der Waals surface area contributed by atoms with Crippen LogP contribution in [0.1, 0.15) is 17.8 Å². The number of fused-ring (bicyclic) bond motifs is 1. The lowest BCUT2D eigenvalue weighted by molar-refractivity contribution is -0.117. The number of nitrogens with one attached hydrogen (secondary N) is 1. The fourth-order valence-electron chi connectivity index (χ4n) is 1.71. The van der Waals surface area contributed by atoms with Crippen molar-refractivity contribution in [1.82, 2.24) is 4.98 Å². The quantitative estimate of drug-likeness (QED) is 0.865. The van der Waals surface area contributed by atoms with Crippen molar-refractivity contribution in [3.05, 3.63) is 23.2 Å². The second kappa shape index (κ2) is 3.56. The van der Waals surface area contributed by atoms with Gasteiger partial charge in [0.2, 0.25) is 5.91 Å². The first-order valence-electron chi connectivity index (χ1n) is 5.40. The number of nitrogens with zero attached hydrogens (tertiary/aromatic N) is 1. The summed E-state index contributed by atoms with van der Waals surface area (Å²) in [5.41, 5.74) is 1.82. The predicted molar refractivity (Wildman–Crippen MR) is 65.7 cm³/mol. The fourth-order valence-corrected chi connectivity index (χ4v) is 2.52. The third kappa shape index (κ3) is 1.80. The maximum absolute atomic E-state index is 11.6. The van der Waals surface area contributed by atoms with Gasteiger partial charge in [0.15, 0.2) is 0 Å². The molecule has 3 rings (SSSR count). The van der Waals surface area contributed by atoms with Crippen molar-refractivity contribution >= 4 is 33.1 Å². The van der Waals surface area contributed by atoms with Crippen LogP contribution in [0.15, 0.2) is 18.2 Å². The molecule has 82 valence electrons. The standard InChI is InChI=1S/C12H12N2OS/c1-7-13-10-6-9(4-5-11(10)16-7)14-12(15)8-2-3-8/h4-6,8H,2-3H2,1H3,(H,14,15). The van der Waals surface area contributed by atoms with E-state index in [1.165, 1.54) is 4.70 Å². The summed E-state index contributed by atoms with van der Waals surface area (Å²) in [4.78, 5) is 16.0. The van der Waals surface area contributed by atoms with Crippen molar-refractivity contribution in [2.24, 2.45) is 5.92 Å². The van der Waals surface area contributed by atoms with Crippen LogP contribution in [0.5, 0.6) is 0 Å². The highest BCUT2D eigenvalue weighted by Crippen LogP contribution is 2.31. The zero-order valence-electron chi connectivity index (χ0n) is 8.99. The first kappa shape index (κ1) is 9.78. The minimum absolute atomic E-state index is 0.145. The zero-order chi connectivity index (χ0) is 11.1. The summed E-state index contributed by atoms with van der Waals surface area (Å²) >= 11 is 1.67. The lowest BCUT2D eigenvalue weighted by Gasteiger charge is -2.03. The van der Waals surface area contributed by atoms with E-state index in [1.807, 2.05) is 25.1 Å². The molecule has 1 aromatic carbocycles. The molecule has 0 atom stereocenters. The molecule has 1 amide bonds. The van der Waals surface area contributed by atoms with Gasteiger partial charge in [-0.1, -0.05) is 0 Å². The van der Waals surface area contributed by atoms with Crippen LogP contribution in [0.2, 0.25) is 0 Å². The molecule has 2 aromatic rings. The minimum Gasteiger partial charge on any atom is -0.326 e. The van der Waals surface area contributed by atoms with Gasteiger partial charge in [0.05, 0.1) is 15.2 Å². The normalized spacial score (nSPS) is 15.3. The van der Waals surface area contributed by atoms with E-state index >= 15 is 0 Å². The van der Waals surface area contributed by atoms with Crippen molar-refractivity contribution in [3.8, 4) is 0 Å². The van der Waals surface area contributed by atoms with Crippen LogP contribution in [0.3, 0.4) is 0 Å². The Kier molecular flexibility index (Phi) is 2.17. The Morgan fingerprint density at radius 1 is 1.50 bits per heavy atom. The molecule has 0 bridgehead atoms. The zero-order valence-corrected chi connectivity index (χ0v) is 9.80. The Bertz CT molecular complexity index is 557. The molecule has 1 aliphatic rings. The summed E-state index contributed by atoms with van der Waals surface area (Å²) in [6.45, 7) is 1.99. The summed E-state index contributed by atoms with van der Waals surface area (Å²) in [6, 6.07) is 5.90. The van der Waals surface area contributed by atoms with Gasteiger partial charge in [-0.2, -0.15) is 0 Å². The highest BCUT2D eigenvalue weighted by atomic mass is 32.1. The van der Waals surface area contributed by atoms with Gasteiger partial charge in [-0.25, -0.2) is 4.98 Å². The average Bonchev–Trinajstić information content (AvgIpc) is 3.01. The SMILES string of the molecule is Cc1nc2cc(NC(=O)C3CC3)ccc2s1. The second-order valence-electron chi connectivity index (χ2n) is 4.18. The van der Waals surface area contributed by atoms with Crippen LogP contribution in [0, 0.1) is 12.8 Å². The highest BCUT2D eigenvalue weighted by Gasteiger charge is 2.29. The van der Waals surface area contributed by atoms with E-state index < -0.39 is 0 Å². The van der Waals surface area contributed by atoms with E-state index in [9.17, 15) is 4.79 Å². The molecular formula is C12H12N2OS. The van der Waals surface area contributed by atoms with Gasteiger partial charge in [0.25, 0.3) is 0 Å². The highest BCUT2D eigenvalue weighted by molar-refractivity contribution is 7.18. The number of carbonyl (C=O) groups excluding carboxylic acids is 1. The molecule has 1 heterocycles.